The molecule has 2 heterocycles. The number of urea groups is 1. The van der Waals surface area contributed by atoms with Gasteiger partial charge in [-0.1, -0.05) is 25.8 Å². The maximum atomic E-state index is 13.1. The van der Waals surface area contributed by atoms with Crippen LogP contribution in [0.1, 0.15) is 38.2 Å². The summed E-state index contributed by atoms with van der Waals surface area (Å²) in [6, 6.07) is 5.58. The smallest absolute Gasteiger partial charge is 0.326 e. The molecule has 1 aromatic rings. The van der Waals surface area contributed by atoms with Gasteiger partial charge in [0.15, 0.2) is 11.5 Å². The van der Waals surface area contributed by atoms with E-state index in [1.807, 2.05) is 30.1 Å². The van der Waals surface area contributed by atoms with Crippen molar-refractivity contribution >= 4 is 11.9 Å². The lowest BCUT2D eigenvalue weighted by molar-refractivity contribution is -0.135. The van der Waals surface area contributed by atoms with E-state index in [9.17, 15) is 9.59 Å². The number of hydrogen-bond acceptors (Lipinski definition) is 5. The monoisotopic (exact) mass is 373 g/mol. The molecule has 1 aromatic carbocycles. The summed E-state index contributed by atoms with van der Waals surface area (Å²) < 4.78 is 11.2. The normalized spacial score (nSPS) is 27.4. The van der Waals surface area contributed by atoms with Crippen molar-refractivity contribution in [1.29, 1.82) is 0 Å². The van der Waals surface area contributed by atoms with Gasteiger partial charge in [-0.2, -0.15) is 0 Å². The van der Waals surface area contributed by atoms with Crippen LogP contribution in [0.2, 0.25) is 0 Å². The maximum Gasteiger partial charge on any atom is 0.326 e. The number of imide groups is 1. The standard InChI is InChI=1S/C20H27N3O4/c1-14-5-3-4-8-20(14)18(24)23(19(25)21-20)13-22(2)12-15-6-7-16-17(11-15)27-10-9-26-16/h6-7,11,14H,3-5,8-10,12-13H2,1-2H3,(H,21,25)/t14-,20-/m1/s1. The number of hydrogen-bond donors (Lipinski definition) is 1. The van der Waals surface area contributed by atoms with E-state index < -0.39 is 5.54 Å². The lowest BCUT2D eigenvalue weighted by Gasteiger charge is -2.37. The summed E-state index contributed by atoms with van der Waals surface area (Å²) in [5.41, 5.74) is 0.349. The van der Waals surface area contributed by atoms with Gasteiger partial charge in [-0.25, -0.2) is 9.69 Å². The molecule has 2 fully saturated rings. The minimum atomic E-state index is -0.701. The lowest BCUT2D eigenvalue weighted by atomic mass is 9.73. The van der Waals surface area contributed by atoms with E-state index in [1.165, 1.54) is 4.90 Å². The Balaban J connectivity index is 1.43. The molecule has 1 saturated heterocycles. The van der Waals surface area contributed by atoms with Gasteiger partial charge in [0.25, 0.3) is 5.91 Å². The predicted octanol–water partition coefficient (Wildman–Crippen LogP) is 2.35. The number of nitrogens with one attached hydrogen (secondary N) is 1. The fourth-order valence-corrected chi connectivity index (χ4v) is 4.41. The van der Waals surface area contributed by atoms with Crippen LogP contribution in [-0.4, -0.2) is 54.2 Å². The molecule has 0 unspecified atom stereocenters. The molecule has 7 nitrogen and oxygen atoms in total. The Hall–Kier alpha value is -2.28. The average molecular weight is 373 g/mol. The molecule has 3 aliphatic rings. The number of benzene rings is 1. The molecule has 4 rings (SSSR count). The van der Waals surface area contributed by atoms with Crippen molar-refractivity contribution in [2.75, 3.05) is 26.9 Å². The second-order valence-electron chi connectivity index (χ2n) is 7.92. The highest BCUT2D eigenvalue weighted by Gasteiger charge is 2.54. The molecule has 0 radical (unpaired) electrons. The second-order valence-corrected chi connectivity index (χ2v) is 7.92. The van der Waals surface area contributed by atoms with E-state index in [0.717, 1.165) is 42.7 Å². The minimum absolute atomic E-state index is 0.0753. The molecule has 1 saturated carbocycles. The van der Waals surface area contributed by atoms with E-state index >= 15 is 0 Å². The Kier molecular flexibility index (Phi) is 4.72. The molecule has 3 amide bonds. The minimum Gasteiger partial charge on any atom is -0.486 e. The van der Waals surface area contributed by atoms with Gasteiger partial charge >= 0.3 is 6.03 Å². The Morgan fingerprint density at radius 2 is 2.00 bits per heavy atom. The van der Waals surface area contributed by atoms with Crippen LogP contribution in [0.3, 0.4) is 0 Å². The van der Waals surface area contributed by atoms with Crippen LogP contribution < -0.4 is 14.8 Å². The van der Waals surface area contributed by atoms with Crippen molar-refractivity contribution in [2.24, 2.45) is 5.92 Å². The molecule has 0 bridgehead atoms. The van der Waals surface area contributed by atoms with Crippen molar-refractivity contribution in [3.63, 3.8) is 0 Å². The summed E-state index contributed by atoms with van der Waals surface area (Å²) >= 11 is 0. The van der Waals surface area contributed by atoms with Crippen LogP contribution in [0, 0.1) is 5.92 Å². The number of fused-ring (bicyclic) bond motifs is 1. The molecule has 2 atom stereocenters. The zero-order valence-electron chi connectivity index (χ0n) is 16.0. The van der Waals surface area contributed by atoms with Crippen LogP contribution in [-0.2, 0) is 11.3 Å². The lowest BCUT2D eigenvalue weighted by Crippen LogP contribution is -2.54. The average Bonchev–Trinajstić information content (AvgIpc) is 2.89. The molecular weight excluding hydrogens is 346 g/mol. The van der Waals surface area contributed by atoms with E-state index in [4.69, 9.17) is 9.47 Å². The van der Waals surface area contributed by atoms with Crippen LogP contribution >= 0.6 is 0 Å². The Bertz CT molecular complexity index is 753. The third-order valence-corrected chi connectivity index (χ3v) is 5.94. The SMILES string of the molecule is C[C@@H]1CCCC[C@@]12NC(=O)N(CN(C)Cc1ccc3c(c1)OCCO3)C2=O. The molecule has 27 heavy (non-hydrogen) atoms. The summed E-state index contributed by atoms with van der Waals surface area (Å²) in [6.07, 6.45) is 3.82. The van der Waals surface area contributed by atoms with Crippen LogP contribution in [0.5, 0.6) is 11.5 Å². The number of nitrogens with zero attached hydrogens (tertiary/aromatic N) is 2. The number of rotatable bonds is 4. The quantitative estimate of drug-likeness (QED) is 0.821. The van der Waals surface area contributed by atoms with Crippen LogP contribution in [0.25, 0.3) is 0 Å². The molecule has 0 aromatic heterocycles. The molecule has 2 aliphatic heterocycles. The highest BCUT2D eigenvalue weighted by Crippen LogP contribution is 2.38. The third-order valence-electron chi connectivity index (χ3n) is 5.94. The van der Waals surface area contributed by atoms with Crippen LogP contribution in [0.15, 0.2) is 18.2 Å². The third kappa shape index (κ3) is 3.25. The summed E-state index contributed by atoms with van der Waals surface area (Å²) in [7, 11) is 1.91. The molecule has 1 aliphatic carbocycles. The predicted molar refractivity (Wildman–Crippen MR) is 99.5 cm³/mol. The van der Waals surface area contributed by atoms with Gasteiger partial charge in [-0.15, -0.1) is 0 Å². The molecule has 1 N–H and O–H groups in total. The number of ether oxygens (including phenoxy) is 2. The zero-order chi connectivity index (χ0) is 19.0. The van der Waals surface area contributed by atoms with Gasteiger partial charge in [-0.05, 0) is 43.5 Å². The topological polar surface area (TPSA) is 71.1 Å². The first-order valence-electron chi connectivity index (χ1n) is 9.71. The highest BCUT2D eigenvalue weighted by atomic mass is 16.6. The van der Waals surface area contributed by atoms with Gasteiger partial charge in [0.2, 0.25) is 0 Å². The van der Waals surface area contributed by atoms with Gasteiger partial charge in [0.05, 0.1) is 6.67 Å². The van der Waals surface area contributed by atoms with Crippen LogP contribution in [0.4, 0.5) is 4.79 Å². The first kappa shape index (κ1) is 18.1. The highest BCUT2D eigenvalue weighted by molar-refractivity contribution is 6.07. The second kappa shape index (κ2) is 7.03. The molecular formula is C20H27N3O4. The van der Waals surface area contributed by atoms with Crippen molar-refractivity contribution in [1.82, 2.24) is 15.1 Å². The summed E-state index contributed by atoms with van der Waals surface area (Å²) in [4.78, 5) is 28.9. The van der Waals surface area contributed by atoms with E-state index in [1.54, 1.807) is 0 Å². The van der Waals surface area contributed by atoms with E-state index in [0.29, 0.717) is 19.8 Å². The zero-order valence-corrected chi connectivity index (χ0v) is 16.0. The fourth-order valence-electron chi connectivity index (χ4n) is 4.41. The van der Waals surface area contributed by atoms with Gasteiger partial charge in [0.1, 0.15) is 18.8 Å². The summed E-state index contributed by atoms with van der Waals surface area (Å²) in [5, 5.41) is 3.00. The maximum absolute atomic E-state index is 13.1. The van der Waals surface area contributed by atoms with Crippen molar-refractivity contribution < 1.29 is 19.1 Å². The Morgan fingerprint density at radius 3 is 2.78 bits per heavy atom. The Morgan fingerprint density at radius 1 is 1.22 bits per heavy atom. The first-order valence-corrected chi connectivity index (χ1v) is 9.71. The summed E-state index contributed by atoms with van der Waals surface area (Å²) in [5.74, 6) is 1.61. The van der Waals surface area contributed by atoms with Crippen molar-refractivity contribution in [3.05, 3.63) is 23.8 Å². The molecule has 146 valence electrons. The number of carbonyl (C=O) groups excluding carboxylic acids is 2. The van der Waals surface area contributed by atoms with Gasteiger partial charge < -0.3 is 14.8 Å². The van der Waals surface area contributed by atoms with E-state index in [2.05, 4.69) is 12.2 Å². The van der Waals surface area contributed by atoms with Gasteiger partial charge in [-0.3, -0.25) is 9.69 Å². The van der Waals surface area contributed by atoms with Crippen molar-refractivity contribution in [2.45, 2.75) is 44.7 Å². The fraction of sp³-hybridized carbons (Fsp3) is 0.600. The molecule has 1 spiro atoms. The largest absolute Gasteiger partial charge is 0.486 e. The van der Waals surface area contributed by atoms with Gasteiger partial charge in [0, 0.05) is 6.54 Å². The first-order chi connectivity index (χ1) is 13.0. The Labute approximate surface area is 159 Å². The van der Waals surface area contributed by atoms with E-state index in [-0.39, 0.29) is 24.5 Å². The number of carbonyl (C=O) groups is 2. The summed E-state index contributed by atoms with van der Waals surface area (Å²) in [6.45, 7) is 4.07. The number of amides is 3. The molecule has 7 heteroatoms. The van der Waals surface area contributed by atoms with Crippen molar-refractivity contribution in [3.8, 4) is 11.5 Å².